The smallest absolute Gasteiger partial charge is 0.335 e. The summed E-state index contributed by atoms with van der Waals surface area (Å²) < 4.78 is 39.4. The molecule has 0 spiro atoms. The lowest BCUT2D eigenvalue weighted by atomic mass is 9.81. The maximum Gasteiger partial charge on any atom is 0.418 e. The van der Waals surface area contributed by atoms with E-state index in [-0.39, 0.29) is 11.7 Å². The molecule has 0 radical (unpaired) electrons. The molecule has 3 heterocycles. The summed E-state index contributed by atoms with van der Waals surface area (Å²) in [6, 6.07) is 9.71. The van der Waals surface area contributed by atoms with Crippen LogP contribution in [0.25, 0.3) is 0 Å². The lowest BCUT2D eigenvalue weighted by molar-refractivity contribution is -0.973. The molecule has 4 rings (SSSR count). The fourth-order valence-electron chi connectivity index (χ4n) is 4.84. The van der Waals surface area contributed by atoms with Crippen LogP contribution in [0, 0.1) is 0 Å². The maximum atomic E-state index is 13.1. The lowest BCUT2D eigenvalue weighted by Gasteiger charge is -2.45. The highest BCUT2D eigenvalue weighted by atomic mass is 32.1. The van der Waals surface area contributed by atoms with Crippen LogP contribution in [0.4, 0.5) is 23.7 Å². The van der Waals surface area contributed by atoms with Gasteiger partial charge in [0.2, 0.25) is 0 Å². The first-order valence-corrected chi connectivity index (χ1v) is 10.9. The minimum absolute atomic E-state index is 0.00423. The normalized spacial score (nSPS) is 26.7. The van der Waals surface area contributed by atoms with Crippen molar-refractivity contribution in [1.29, 1.82) is 0 Å². The van der Waals surface area contributed by atoms with Gasteiger partial charge in [-0.25, -0.2) is 4.79 Å². The van der Waals surface area contributed by atoms with Crippen molar-refractivity contribution in [3.05, 3.63) is 52.2 Å². The number of nitrogens with one attached hydrogen (secondary N) is 3. The van der Waals surface area contributed by atoms with Gasteiger partial charge in [-0.3, -0.25) is 0 Å². The second kappa shape index (κ2) is 8.36. The van der Waals surface area contributed by atoms with Gasteiger partial charge in [-0.05, 0) is 42.8 Å². The van der Waals surface area contributed by atoms with Crippen LogP contribution in [0.5, 0.6) is 0 Å². The van der Waals surface area contributed by atoms with Crippen LogP contribution in [0.3, 0.4) is 0 Å². The van der Waals surface area contributed by atoms with Gasteiger partial charge in [-0.2, -0.15) is 13.2 Å². The van der Waals surface area contributed by atoms with Crippen LogP contribution in [0.1, 0.15) is 42.5 Å². The van der Waals surface area contributed by atoms with Crippen LogP contribution >= 0.6 is 11.3 Å². The average molecular weight is 425 g/mol. The molecule has 2 fully saturated rings. The van der Waals surface area contributed by atoms with Crippen LogP contribution in [0.15, 0.2) is 41.8 Å². The minimum atomic E-state index is -4.50. The molecule has 156 valence electrons. The number of quaternary nitrogens is 1. The van der Waals surface area contributed by atoms with Gasteiger partial charge in [0.1, 0.15) is 6.54 Å². The Morgan fingerprint density at radius 2 is 1.83 bits per heavy atom. The number of carbonyl (C=O) groups excluding carboxylic acids is 1. The fourth-order valence-corrected chi connectivity index (χ4v) is 5.58. The first-order valence-electron chi connectivity index (χ1n) is 10.0. The third-order valence-electron chi connectivity index (χ3n) is 6.07. The largest absolute Gasteiger partial charge is 0.418 e. The van der Waals surface area contributed by atoms with E-state index in [1.165, 1.54) is 29.5 Å². The van der Waals surface area contributed by atoms with Crippen molar-refractivity contribution in [1.82, 2.24) is 5.32 Å². The Labute approximate surface area is 172 Å². The molecule has 2 unspecified atom stereocenters. The number of anilines is 1. The number of piperidine rings is 2. The average Bonchev–Trinajstić information content (AvgIpc) is 3.15. The number of rotatable bonds is 4. The van der Waals surface area contributed by atoms with Crippen molar-refractivity contribution in [2.24, 2.45) is 0 Å². The molecule has 2 aromatic rings. The summed E-state index contributed by atoms with van der Waals surface area (Å²) in [5, 5.41) is 7.43. The van der Waals surface area contributed by atoms with Crippen molar-refractivity contribution in [2.45, 2.75) is 63.0 Å². The Bertz CT molecular complexity index is 826. The first kappa shape index (κ1) is 20.2. The van der Waals surface area contributed by atoms with E-state index in [1.807, 2.05) is 0 Å². The fraction of sp³-hybridized carbons (Fsp3) is 0.476. The maximum absolute atomic E-state index is 13.1. The van der Waals surface area contributed by atoms with E-state index in [1.54, 1.807) is 16.2 Å². The number of hydrogen-bond donors (Lipinski definition) is 3. The van der Waals surface area contributed by atoms with E-state index in [2.05, 4.69) is 28.1 Å². The Balaban J connectivity index is 1.38. The second-order valence-electron chi connectivity index (χ2n) is 7.97. The highest BCUT2D eigenvalue weighted by Gasteiger charge is 2.42. The zero-order chi connectivity index (χ0) is 20.4. The van der Waals surface area contributed by atoms with E-state index in [4.69, 9.17) is 0 Å². The molecule has 0 saturated carbocycles. The van der Waals surface area contributed by atoms with E-state index < -0.39 is 17.8 Å². The Morgan fingerprint density at radius 1 is 1.10 bits per heavy atom. The number of halogens is 3. The monoisotopic (exact) mass is 424 g/mol. The van der Waals surface area contributed by atoms with E-state index in [0.717, 1.165) is 38.3 Å². The molecule has 8 heteroatoms. The Kier molecular flexibility index (Phi) is 5.83. The van der Waals surface area contributed by atoms with Crippen molar-refractivity contribution >= 4 is 23.1 Å². The summed E-state index contributed by atoms with van der Waals surface area (Å²) >= 11 is 1.78. The molecular formula is C21H25F3N3OS+. The molecule has 2 amide bonds. The van der Waals surface area contributed by atoms with Gasteiger partial charge in [-0.1, -0.05) is 18.2 Å². The number of para-hydroxylation sites is 1. The van der Waals surface area contributed by atoms with Crippen LogP contribution in [-0.2, 0) is 12.7 Å². The third-order valence-corrected chi connectivity index (χ3v) is 6.94. The molecule has 4 atom stereocenters. The predicted octanol–water partition coefficient (Wildman–Crippen LogP) is 4.06. The van der Waals surface area contributed by atoms with Gasteiger partial charge in [0.15, 0.2) is 0 Å². The molecule has 2 saturated heterocycles. The number of carbonyl (C=O) groups is 1. The highest BCUT2D eigenvalue weighted by molar-refractivity contribution is 7.09. The zero-order valence-corrected chi connectivity index (χ0v) is 16.8. The van der Waals surface area contributed by atoms with Crippen molar-refractivity contribution in [3.63, 3.8) is 0 Å². The van der Waals surface area contributed by atoms with Crippen LogP contribution < -0.4 is 15.5 Å². The lowest BCUT2D eigenvalue weighted by Crippen LogP contribution is -3.20. The van der Waals surface area contributed by atoms with Gasteiger partial charge < -0.3 is 15.5 Å². The summed E-state index contributed by atoms with van der Waals surface area (Å²) in [7, 11) is 0. The Hall–Kier alpha value is -2.06. The van der Waals surface area contributed by atoms with Crippen molar-refractivity contribution < 1.29 is 22.9 Å². The molecule has 3 N–H and O–H groups in total. The van der Waals surface area contributed by atoms with Gasteiger partial charge in [0, 0.05) is 18.9 Å². The van der Waals surface area contributed by atoms with Gasteiger partial charge in [0.05, 0.1) is 28.2 Å². The number of alkyl halides is 3. The predicted molar refractivity (Wildman–Crippen MR) is 107 cm³/mol. The van der Waals surface area contributed by atoms with Gasteiger partial charge >= 0.3 is 12.2 Å². The summed E-state index contributed by atoms with van der Waals surface area (Å²) in [5.41, 5.74) is -1.04. The van der Waals surface area contributed by atoms with E-state index in [0.29, 0.717) is 12.1 Å². The van der Waals surface area contributed by atoms with Gasteiger partial charge in [0.25, 0.3) is 0 Å². The summed E-state index contributed by atoms with van der Waals surface area (Å²) in [5.74, 6) is 0. The topological polar surface area (TPSA) is 45.6 Å². The van der Waals surface area contributed by atoms with Crippen LogP contribution in [0.2, 0.25) is 0 Å². The SMILES string of the molecule is O=C(Nc1ccccc1C(F)(F)F)NC1C[C@H]2CCC[C@@H](C1)[NH+]2Cc1cccs1. The number of hydrogen-bond acceptors (Lipinski definition) is 2. The molecule has 1 aromatic carbocycles. The van der Waals surface area contributed by atoms with Crippen LogP contribution in [-0.4, -0.2) is 24.2 Å². The quantitative estimate of drug-likeness (QED) is 0.681. The third kappa shape index (κ3) is 4.75. The molecule has 29 heavy (non-hydrogen) atoms. The standard InChI is InChI=1S/C21H24F3N3OS/c22-21(23,24)18-8-1-2-9-19(18)26-20(28)25-14-11-15-5-3-6-16(12-14)27(15)13-17-7-4-10-29-17/h1-2,4,7-10,14-16H,3,5-6,11-13H2,(H2,25,26,28)/p+1/t14?,15-,16+. The Morgan fingerprint density at radius 3 is 2.48 bits per heavy atom. The van der Waals surface area contributed by atoms with E-state index in [9.17, 15) is 18.0 Å². The van der Waals surface area contributed by atoms with Crippen molar-refractivity contribution in [2.75, 3.05) is 5.32 Å². The molecule has 2 aliphatic rings. The molecular weight excluding hydrogens is 399 g/mol. The molecule has 2 aliphatic heterocycles. The molecule has 0 aliphatic carbocycles. The first-order chi connectivity index (χ1) is 13.9. The molecule has 2 bridgehead atoms. The van der Waals surface area contributed by atoms with Crippen molar-refractivity contribution in [3.8, 4) is 0 Å². The summed E-state index contributed by atoms with van der Waals surface area (Å²) in [6.07, 6.45) is 0.706. The number of thiophene rings is 1. The number of benzene rings is 1. The minimum Gasteiger partial charge on any atom is -0.335 e. The van der Waals surface area contributed by atoms with Gasteiger partial charge in [-0.15, -0.1) is 11.3 Å². The second-order valence-corrected chi connectivity index (χ2v) is 9.00. The highest BCUT2D eigenvalue weighted by Crippen LogP contribution is 2.34. The number of amides is 2. The number of fused-ring (bicyclic) bond motifs is 2. The zero-order valence-electron chi connectivity index (χ0n) is 16.0. The van der Waals surface area contributed by atoms with E-state index >= 15 is 0 Å². The summed E-state index contributed by atoms with van der Waals surface area (Å²) in [6.45, 7) is 1.02. The molecule has 4 nitrogen and oxygen atoms in total. The molecule has 1 aromatic heterocycles. The number of urea groups is 1. The summed E-state index contributed by atoms with van der Waals surface area (Å²) in [4.78, 5) is 15.4.